The van der Waals surface area contributed by atoms with Crippen molar-refractivity contribution in [3.05, 3.63) is 53.4 Å². The normalized spacial score (nSPS) is 14.9. The molecule has 0 amide bonds. The summed E-state index contributed by atoms with van der Waals surface area (Å²) in [6, 6.07) is 8.45. The van der Waals surface area contributed by atoms with Crippen LogP contribution in [0.5, 0.6) is 0 Å². The van der Waals surface area contributed by atoms with Crippen LogP contribution in [-0.2, 0) is 26.1 Å². The van der Waals surface area contributed by atoms with Crippen molar-refractivity contribution in [1.82, 2.24) is 24.4 Å². The first kappa shape index (κ1) is 17.2. The van der Waals surface area contributed by atoms with E-state index in [2.05, 4.69) is 59.5 Å². The third-order valence-corrected chi connectivity index (χ3v) is 5.09. The van der Waals surface area contributed by atoms with Crippen molar-refractivity contribution >= 4 is 11.0 Å². The minimum atomic E-state index is 0.382. The molecule has 136 valence electrons. The van der Waals surface area contributed by atoms with E-state index in [4.69, 9.17) is 9.97 Å². The van der Waals surface area contributed by atoms with Crippen molar-refractivity contribution in [2.45, 2.75) is 59.2 Å². The van der Waals surface area contributed by atoms with Gasteiger partial charge in [-0.05, 0) is 18.6 Å². The van der Waals surface area contributed by atoms with Crippen LogP contribution in [0.25, 0.3) is 11.0 Å². The van der Waals surface area contributed by atoms with Crippen molar-refractivity contribution in [2.75, 3.05) is 6.54 Å². The van der Waals surface area contributed by atoms with Gasteiger partial charge in [0.05, 0.1) is 17.6 Å². The lowest BCUT2D eigenvalue weighted by Crippen LogP contribution is -2.32. The highest BCUT2D eigenvalue weighted by Crippen LogP contribution is 2.22. The molecule has 1 aromatic carbocycles. The molecule has 5 nitrogen and oxygen atoms in total. The molecule has 0 aliphatic carbocycles. The standard InChI is InChI=1S/C21H27N5/c1-4-10-26-19-8-6-5-7-18(19)23-20(26)14-25-11-9-17-16(13-25)12-22-21(24-17)15(2)3/h5-8,12,15H,4,9-11,13-14H2,1-3H3. The molecule has 0 radical (unpaired) electrons. The number of hydrogen-bond donors (Lipinski definition) is 0. The Kier molecular flexibility index (Phi) is 4.72. The maximum absolute atomic E-state index is 4.91. The summed E-state index contributed by atoms with van der Waals surface area (Å²) in [6.45, 7) is 10.3. The lowest BCUT2D eigenvalue weighted by molar-refractivity contribution is 0.233. The molecule has 1 aliphatic rings. The number of para-hydroxylation sites is 2. The Morgan fingerprint density at radius 1 is 1.15 bits per heavy atom. The van der Waals surface area contributed by atoms with Gasteiger partial charge in [0, 0.05) is 49.4 Å². The molecule has 5 heteroatoms. The van der Waals surface area contributed by atoms with Crippen LogP contribution in [0.15, 0.2) is 30.5 Å². The van der Waals surface area contributed by atoms with Crippen LogP contribution in [0, 0.1) is 0 Å². The highest BCUT2D eigenvalue weighted by Gasteiger charge is 2.21. The van der Waals surface area contributed by atoms with Gasteiger partial charge >= 0.3 is 0 Å². The molecule has 0 saturated heterocycles. The summed E-state index contributed by atoms with van der Waals surface area (Å²) < 4.78 is 2.38. The van der Waals surface area contributed by atoms with E-state index >= 15 is 0 Å². The summed E-state index contributed by atoms with van der Waals surface area (Å²) in [6.07, 6.45) is 4.13. The Labute approximate surface area is 155 Å². The molecule has 2 aromatic heterocycles. The van der Waals surface area contributed by atoms with Crippen LogP contribution in [0.1, 0.15) is 56.0 Å². The van der Waals surface area contributed by atoms with Crippen molar-refractivity contribution in [3.8, 4) is 0 Å². The number of aromatic nitrogens is 4. The first-order valence-corrected chi connectivity index (χ1v) is 9.67. The van der Waals surface area contributed by atoms with Gasteiger partial charge in [0.25, 0.3) is 0 Å². The minimum absolute atomic E-state index is 0.382. The lowest BCUT2D eigenvalue weighted by Gasteiger charge is -2.28. The summed E-state index contributed by atoms with van der Waals surface area (Å²) >= 11 is 0. The average Bonchev–Trinajstić information content (AvgIpc) is 2.99. The predicted molar refractivity (Wildman–Crippen MR) is 104 cm³/mol. The van der Waals surface area contributed by atoms with Crippen molar-refractivity contribution in [2.24, 2.45) is 0 Å². The Balaban J connectivity index is 1.57. The lowest BCUT2D eigenvalue weighted by atomic mass is 10.1. The predicted octanol–water partition coefficient (Wildman–Crippen LogP) is 3.92. The maximum Gasteiger partial charge on any atom is 0.131 e. The van der Waals surface area contributed by atoms with Gasteiger partial charge in [0.1, 0.15) is 11.6 Å². The van der Waals surface area contributed by atoms with Gasteiger partial charge in [0.15, 0.2) is 0 Å². The van der Waals surface area contributed by atoms with Gasteiger partial charge < -0.3 is 4.57 Å². The zero-order valence-electron chi connectivity index (χ0n) is 15.9. The fourth-order valence-corrected chi connectivity index (χ4v) is 3.72. The summed E-state index contributed by atoms with van der Waals surface area (Å²) in [7, 11) is 0. The molecule has 4 rings (SSSR count). The molecule has 0 fully saturated rings. The second-order valence-corrected chi connectivity index (χ2v) is 7.48. The fraction of sp³-hybridized carbons (Fsp3) is 0.476. The summed E-state index contributed by atoms with van der Waals surface area (Å²) in [4.78, 5) is 16.7. The minimum Gasteiger partial charge on any atom is -0.327 e. The number of rotatable bonds is 5. The monoisotopic (exact) mass is 349 g/mol. The van der Waals surface area contributed by atoms with Gasteiger partial charge in [-0.25, -0.2) is 15.0 Å². The van der Waals surface area contributed by atoms with E-state index in [0.29, 0.717) is 5.92 Å². The first-order chi connectivity index (χ1) is 12.7. The fourth-order valence-electron chi connectivity index (χ4n) is 3.72. The van der Waals surface area contributed by atoms with E-state index < -0.39 is 0 Å². The SMILES string of the molecule is CCCn1c(CN2CCc3nc(C(C)C)ncc3C2)nc2ccccc21. The number of fused-ring (bicyclic) bond motifs is 2. The second-order valence-electron chi connectivity index (χ2n) is 7.48. The van der Waals surface area contributed by atoms with E-state index in [1.54, 1.807) is 0 Å². The zero-order chi connectivity index (χ0) is 18.1. The van der Waals surface area contributed by atoms with Crippen LogP contribution < -0.4 is 0 Å². The quantitative estimate of drug-likeness (QED) is 0.700. The Bertz CT molecular complexity index is 912. The highest BCUT2D eigenvalue weighted by molar-refractivity contribution is 5.75. The average molecular weight is 349 g/mol. The molecule has 3 heterocycles. The Morgan fingerprint density at radius 2 is 2.00 bits per heavy atom. The second kappa shape index (κ2) is 7.16. The molecule has 0 atom stereocenters. The molecular formula is C21H27N5. The molecule has 3 aromatic rings. The molecule has 26 heavy (non-hydrogen) atoms. The largest absolute Gasteiger partial charge is 0.327 e. The van der Waals surface area contributed by atoms with Crippen molar-refractivity contribution in [1.29, 1.82) is 0 Å². The topological polar surface area (TPSA) is 46.8 Å². The van der Waals surface area contributed by atoms with Crippen LogP contribution in [0.4, 0.5) is 0 Å². The van der Waals surface area contributed by atoms with Crippen LogP contribution in [0.3, 0.4) is 0 Å². The van der Waals surface area contributed by atoms with E-state index in [0.717, 1.165) is 56.2 Å². The van der Waals surface area contributed by atoms with Crippen molar-refractivity contribution < 1.29 is 0 Å². The number of nitrogens with zero attached hydrogens (tertiary/aromatic N) is 5. The molecule has 0 spiro atoms. The first-order valence-electron chi connectivity index (χ1n) is 9.67. The molecule has 1 aliphatic heterocycles. The van der Waals surface area contributed by atoms with Crippen LogP contribution >= 0.6 is 0 Å². The molecule has 0 saturated carbocycles. The summed E-state index contributed by atoms with van der Waals surface area (Å²) in [5.41, 5.74) is 4.82. The van der Waals surface area contributed by atoms with Gasteiger partial charge in [-0.2, -0.15) is 0 Å². The third-order valence-electron chi connectivity index (χ3n) is 5.09. The Morgan fingerprint density at radius 3 is 2.81 bits per heavy atom. The van der Waals surface area contributed by atoms with E-state index in [1.807, 2.05) is 6.20 Å². The maximum atomic E-state index is 4.91. The van der Waals surface area contributed by atoms with Gasteiger partial charge in [-0.15, -0.1) is 0 Å². The molecular weight excluding hydrogens is 322 g/mol. The zero-order valence-corrected chi connectivity index (χ0v) is 15.9. The van der Waals surface area contributed by atoms with Gasteiger partial charge in [0.2, 0.25) is 0 Å². The Hall–Kier alpha value is -2.27. The summed E-state index contributed by atoms with van der Waals surface area (Å²) in [5.74, 6) is 2.51. The van der Waals surface area contributed by atoms with Gasteiger partial charge in [-0.3, -0.25) is 4.90 Å². The van der Waals surface area contributed by atoms with Gasteiger partial charge in [-0.1, -0.05) is 32.9 Å². The molecule has 0 N–H and O–H groups in total. The van der Waals surface area contributed by atoms with Crippen LogP contribution in [-0.4, -0.2) is 31.0 Å². The number of imidazole rings is 1. The van der Waals surface area contributed by atoms with E-state index in [9.17, 15) is 0 Å². The van der Waals surface area contributed by atoms with E-state index in [1.165, 1.54) is 16.8 Å². The molecule has 0 unspecified atom stereocenters. The van der Waals surface area contributed by atoms with Crippen LogP contribution in [0.2, 0.25) is 0 Å². The van der Waals surface area contributed by atoms with E-state index in [-0.39, 0.29) is 0 Å². The number of hydrogen-bond acceptors (Lipinski definition) is 4. The molecule has 0 bridgehead atoms. The van der Waals surface area contributed by atoms with Crippen molar-refractivity contribution in [3.63, 3.8) is 0 Å². The third kappa shape index (κ3) is 3.23. The summed E-state index contributed by atoms with van der Waals surface area (Å²) in [5, 5.41) is 0. The smallest absolute Gasteiger partial charge is 0.131 e. The highest BCUT2D eigenvalue weighted by atomic mass is 15.2. The number of aryl methyl sites for hydroxylation is 1. The number of benzene rings is 1.